The van der Waals surface area contributed by atoms with E-state index in [4.69, 9.17) is 4.74 Å². The van der Waals surface area contributed by atoms with Crippen molar-refractivity contribution in [2.24, 2.45) is 0 Å². The van der Waals surface area contributed by atoms with Crippen molar-refractivity contribution in [3.63, 3.8) is 0 Å². The molecule has 1 unspecified atom stereocenters. The second-order valence-corrected chi connectivity index (χ2v) is 6.68. The third-order valence-electron chi connectivity index (χ3n) is 5.30. The van der Waals surface area contributed by atoms with Crippen LogP contribution in [-0.4, -0.2) is 38.3 Å². The number of halogens is 1. The summed E-state index contributed by atoms with van der Waals surface area (Å²) < 4.78 is 19.7. The molecule has 0 aromatic heterocycles. The Morgan fingerprint density at radius 1 is 1.45 bits per heavy atom. The Bertz CT molecular complexity index is 594. The highest BCUT2D eigenvalue weighted by molar-refractivity contribution is 5.96. The number of morpholine rings is 1. The third-order valence-corrected chi connectivity index (χ3v) is 5.30. The Morgan fingerprint density at radius 2 is 2.32 bits per heavy atom. The lowest BCUT2D eigenvalue weighted by atomic mass is 9.65. The molecule has 22 heavy (non-hydrogen) atoms. The van der Waals surface area contributed by atoms with Crippen LogP contribution in [0.2, 0.25) is 0 Å². The number of nitrogens with zero attached hydrogens (tertiary/aromatic N) is 1. The van der Waals surface area contributed by atoms with Crippen LogP contribution >= 0.6 is 0 Å². The van der Waals surface area contributed by atoms with Crippen molar-refractivity contribution < 1.29 is 13.9 Å². The normalized spacial score (nSPS) is 25.9. The molecule has 1 amide bonds. The number of benzene rings is 1. The van der Waals surface area contributed by atoms with E-state index >= 15 is 0 Å². The molecule has 5 heteroatoms. The first-order valence-corrected chi connectivity index (χ1v) is 8.10. The number of anilines is 1. The second kappa shape index (κ2) is 5.32. The number of carbonyl (C=O) groups excluding carboxylic acids is 1. The van der Waals surface area contributed by atoms with E-state index in [-0.39, 0.29) is 23.2 Å². The van der Waals surface area contributed by atoms with E-state index in [0.29, 0.717) is 26.2 Å². The maximum atomic E-state index is 14.3. The van der Waals surface area contributed by atoms with Crippen LogP contribution in [0.4, 0.5) is 10.1 Å². The molecule has 4 nitrogen and oxygen atoms in total. The first-order chi connectivity index (χ1) is 10.7. The highest BCUT2D eigenvalue weighted by Crippen LogP contribution is 2.53. The van der Waals surface area contributed by atoms with Gasteiger partial charge in [-0.15, -0.1) is 0 Å². The molecule has 1 aromatic rings. The van der Waals surface area contributed by atoms with Crippen molar-refractivity contribution in [3.8, 4) is 0 Å². The molecule has 1 spiro atoms. The van der Waals surface area contributed by atoms with E-state index in [1.165, 1.54) is 6.07 Å². The van der Waals surface area contributed by atoms with Crippen LogP contribution in [0.5, 0.6) is 0 Å². The molecular formula is C17H21FN2O2. The molecular weight excluding hydrogens is 283 g/mol. The van der Waals surface area contributed by atoms with Gasteiger partial charge in [-0.1, -0.05) is 12.5 Å². The van der Waals surface area contributed by atoms with Gasteiger partial charge in [0, 0.05) is 36.5 Å². The van der Waals surface area contributed by atoms with Crippen molar-refractivity contribution in [2.75, 3.05) is 31.2 Å². The van der Waals surface area contributed by atoms with Crippen LogP contribution in [-0.2, 0) is 14.9 Å². The summed E-state index contributed by atoms with van der Waals surface area (Å²) in [4.78, 5) is 14.5. The van der Waals surface area contributed by atoms with Gasteiger partial charge in [0.05, 0.1) is 18.9 Å². The fraction of sp³-hybridized carbons (Fsp3) is 0.588. The maximum absolute atomic E-state index is 14.3. The standard InChI is InChI=1S/C17H21FN2O2/c18-13-3-1-4-14-16(13)17(5-2-6-17)11-20(14)15(21)9-12-10-22-8-7-19-12/h1,3-4,12,19H,2,5-11H2. The fourth-order valence-electron chi connectivity index (χ4n) is 4.04. The Balaban J connectivity index is 1.58. The molecule has 0 radical (unpaired) electrons. The lowest BCUT2D eigenvalue weighted by Crippen LogP contribution is -2.46. The highest BCUT2D eigenvalue weighted by Gasteiger charge is 2.50. The van der Waals surface area contributed by atoms with Gasteiger partial charge in [0.15, 0.2) is 0 Å². The van der Waals surface area contributed by atoms with E-state index in [2.05, 4.69) is 5.32 Å². The van der Waals surface area contributed by atoms with Crippen molar-refractivity contribution in [1.82, 2.24) is 5.32 Å². The summed E-state index contributed by atoms with van der Waals surface area (Å²) in [6.45, 7) is 2.69. The topological polar surface area (TPSA) is 41.6 Å². The number of nitrogens with one attached hydrogen (secondary N) is 1. The van der Waals surface area contributed by atoms with Crippen LogP contribution in [0.3, 0.4) is 0 Å². The predicted molar refractivity (Wildman–Crippen MR) is 81.5 cm³/mol. The summed E-state index contributed by atoms with van der Waals surface area (Å²) in [6.07, 6.45) is 3.49. The minimum absolute atomic E-state index is 0.0659. The first kappa shape index (κ1) is 14.2. The highest BCUT2D eigenvalue weighted by atomic mass is 19.1. The van der Waals surface area contributed by atoms with Crippen molar-refractivity contribution in [3.05, 3.63) is 29.6 Å². The molecule has 1 atom stereocenters. The molecule has 1 aliphatic carbocycles. The Hall–Kier alpha value is -1.46. The summed E-state index contributed by atoms with van der Waals surface area (Å²) >= 11 is 0. The van der Waals surface area contributed by atoms with Gasteiger partial charge in [-0.25, -0.2) is 4.39 Å². The van der Waals surface area contributed by atoms with Gasteiger partial charge in [0.1, 0.15) is 5.82 Å². The molecule has 1 saturated carbocycles. The molecule has 118 valence electrons. The molecule has 2 aliphatic heterocycles. The zero-order chi connectivity index (χ0) is 15.2. The van der Waals surface area contributed by atoms with Gasteiger partial charge in [-0.3, -0.25) is 4.79 Å². The Kier molecular flexibility index (Phi) is 3.42. The molecule has 0 bridgehead atoms. The summed E-state index contributed by atoms with van der Waals surface area (Å²) in [6, 6.07) is 5.17. The zero-order valence-corrected chi connectivity index (χ0v) is 12.6. The zero-order valence-electron chi connectivity index (χ0n) is 12.6. The molecule has 1 aromatic carbocycles. The smallest absolute Gasteiger partial charge is 0.228 e. The summed E-state index contributed by atoms with van der Waals surface area (Å²) in [5.41, 5.74) is 1.41. The van der Waals surface area contributed by atoms with Gasteiger partial charge < -0.3 is 15.0 Å². The lowest BCUT2D eigenvalue weighted by Gasteiger charge is -2.39. The van der Waals surface area contributed by atoms with Crippen molar-refractivity contribution >= 4 is 11.6 Å². The first-order valence-electron chi connectivity index (χ1n) is 8.10. The van der Waals surface area contributed by atoms with Crippen LogP contribution in [0.25, 0.3) is 0 Å². The molecule has 1 saturated heterocycles. The average Bonchev–Trinajstić information content (AvgIpc) is 2.85. The number of amides is 1. The van der Waals surface area contributed by atoms with Gasteiger partial charge in [-0.2, -0.15) is 0 Å². The maximum Gasteiger partial charge on any atom is 0.228 e. The van der Waals surface area contributed by atoms with Crippen molar-refractivity contribution in [1.29, 1.82) is 0 Å². The summed E-state index contributed by atoms with van der Waals surface area (Å²) in [5, 5.41) is 3.31. The average molecular weight is 304 g/mol. The minimum Gasteiger partial charge on any atom is -0.378 e. The third kappa shape index (κ3) is 2.15. The van der Waals surface area contributed by atoms with E-state index in [1.807, 2.05) is 6.07 Å². The van der Waals surface area contributed by atoms with E-state index in [0.717, 1.165) is 37.1 Å². The van der Waals surface area contributed by atoms with Crippen molar-refractivity contribution in [2.45, 2.75) is 37.1 Å². The molecule has 2 heterocycles. The Morgan fingerprint density at radius 3 is 3.00 bits per heavy atom. The monoisotopic (exact) mass is 304 g/mol. The number of rotatable bonds is 2. The lowest BCUT2D eigenvalue weighted by molar-refractivity contribution is -0.119. The van der Waals surface area contributed by atoms with E-state index in [9.17, 15) is 9.18 Å². The summed E-state index contributed by atoms with van der Waals surface area (Å²) in [7, 11) is 0. The Labute approximate surface area is 129 Å². The van der Waals surface area contributed by atoms with Crippen LogP contribution in [0.1, 0.15) is 31.2 Å². The number of fused-ring (bicyclic) bond motifs is 2. The molecule has 2 fully saturated rings. The minimum atomic E-state index is -0.161. The van der Waals surface area contributed by atoms with Gasteiger partial charge in [-0.05, 0) is 25.0 Å². The fourth-order valence-corrected chi connectivity index (χ4v) is 4.04. The van der Waals surface area contributed by atoms with Gasteiger partial charge in [0.25, 0.3) is 0 Å². The number of carbonyl (C=O) groups is 1. The number of hydrogen-bond donors (Lipinski definition) is 1. The summed E-state index contributed by atoms with van der Waals surface area (Å²) in [5.74, 6) is -0.0924. The van der Waals surface area contributed by atoms with Gasteiger partial charge >= 0.3 is 0 Å². The molecule has 1 N–H and O–H groups in total. The second-order valence-electron chi connectivity index (χ2n) is 6.68. The van der Waals surface area contributed by atoms with E-state index in [1.54, 1.807) is 11.0 Å². The molecule has 4 rings (SSSR count). The SMILES string of the molecule is O=C(CC1COCCN1)N1CC2(CCC2)c2c(F)cccc21. The quantitative estimate of drug-likeness (QED) is 0.908. The number of hydrogen-bond acceptors (Lipinski definition) is 3. The van der Waals surface area contributed by atoms with Crippen LogP contribution in [0.15, 0.2) is 18.2 Å². The largest absolute Gasteiger partial charge is 0.378 e. The predicted octanol–water partition coefficient (Wildman–Crippen LogP) is 1.97. The molecule has 3 aliphatic rings. The van der Waals surface area contributed by atoms with Crippen LogP contribution in [0, 0.1) is 5.82 Å². The van der Waals surface area contributed by atoms with Gasteiger partial charge in [0.2, 0.25) is 5.91 Å². The van der Waals surface area contributed by atoms with E-state index < -0.39 is 0 Å². The van der Waals surface area contributed by atoms with Crippen LogP contribution < -0.4 is 10.2 Å². The number of ether oxygens (including phenoxy) is 1.